The van der Waals surface area contributed by atoms with Gasteiger partial charge in [-0.2, -0.15) is 5.11 Å². The van der Waals surface area contributed by atoms with Crippen molar-refractivity contribution < 1.29 is 4.39 Å². The number of rotatable bonds is 3. The maximum atomic E-state index is 13.1. The zero-order valence-electron chi connectivity index (χ0n) is 12.1. The van der Waals surface area contributed by atoms with Gasteiger partial charge < -0.3 is 0 Å². The summed E-state index contributed by atoms with van der Waals surface area (Å²) in [6, 6.07) is 12.5. The molecule has 1 N–H and O–H groups in total. The first-order valence-corrected chi connectivity index (χ1v) is 7.17. The third kappa shape index (κ3) is 3.22. The lowest BCUT2D eigenvalue weighted by Gasteiger charge is -2.00. The summed E-state index contributed by atoms with van der Waals surface area (Å²) in [4.78, 5) is 12.5. The van der Waals surface area contributed by atoms with Crippen LogP contribution in [0.1, 0.15) is 5.69 Å². The van der Waals surface area contributed by atoms with Crippen LogP contribution in [0.25, 0.3) is 5.69 Å². The number of hydrogen-bond donors (Lipinski definition) is 1. The SMILES string of the molecule is Cc1[nH]n(-c2cccc(Cl)c2)c(=O)c1N=Nc1cccc(F)c1. The van der Waals surface area contributed by atoms with Gasteiger partial charge in [0, 0.05) is 11.1 Å². The molecule has 0 bridgehead atoms. The maximum Gasteiger partial charge on any atom is 0.299 e. The van der Waals surface area contributed by atoms with Crippen LogP contribution in [-0.4, -0.2) is 9.78 Å². The highest BCUT2D eigenvalue weighted by atomic mass is 35.5. The molecule has 0 unspecified atom stereocenters. The van der Waals surface area contributed by atoms with Gasteiger partial charge in [0.1, 0.15) is 5.82 Å². The third-order valence-corrected chi connectivity index (χ3v) is 3.42. The quantitative estimate of drug-likeness (QED) is 0.696. The van der Waals surface area contributed by atoms with E-state index in [1.807, 2.05) is 0 Å². The molecule has 0 aliphatic rings. The van der Waals surface area contributed by atoms with Gasteiger partial charge in [0.2, 0.25) is 0 Å². The topological polar surface area (TPSA) is 62.5 Å². The molecule has 3 aromatic rings. The average Bonchev–Trinajstić information content (AvgIpc) is 2.80. The molecule has 0 aliphatic carbocycles. The van der Waals surface area contributed by atoms with E-state index in [9.17, 15) is 9.18 Å². The predicted octanol–water partition coefficient (Wildman–Crippen LogP) is 4.68. The molecule has 0 fully saturated rings. The molecule has 1 heterocycles. The first kappa shape index (κ1) is 15.2. The van der Waals surface area contributed by atoms with Crippen molar-refractivity contribution in [3.05, 3.63) is 75.4 Å². The van der Waals surface area contributed by atoms with Crippen LogP contribution in [0.5, 0.6) is 0 Å². The Balaban J connectivity index is 2.00. The lowest BCUT2D eigenvalue weighted by Crippen LogP contribution is -2.13. The Bertz CT molecular complexity index is 945. The van der Waals surface area contributed by atoms with Crippen molar-refractivity contribution in [1.29, 1.82) is 0 Å². The van der Waals surface area contributed by atoms with Crippen LogP contribution in [0.2, 0.25) is 5.02 Å². The summed E-state index contributed by atoms with van der Waals surface area (Å²) in [5, 5.41) is 11.3. The summed E-state index contributed by atoms with van der Waals surface area (Å²) in [6.07, 6.45) is 0. The summed E-state index contributed by atoms with van der Waals surface area (Å²) in [7, 11) is 0. The van der Waals surface area contributed by atoms with E-state index >= 15 is 0 Å². The second kappa shape index (κ2) is 6.18. The van der Waals surface area contributed by atoms with Gasteiger partial charge in [0.15, 0.2) is 5.69 Å². The van der Waals surface area contributed by atoms with E-state index < -0.39 is 5.82 Å². The van der Waals surface area contributed by atoms with Crippen LogP contribution < -0.4 is 5.56 Å². The molecule has 0 radical (unpaired) electrons. The Kier molecular flexibility index (Phi) is 4.08. The number of benzene rings is 2. The van der Waals surface area contributed by atoms with Crippen molar-refractivity contribution in [2.24, 2.45) is 10.2 Å². The Hall–Kier alpha value is -2.73. The Morgan fingerprint density at radius 2 is 1.91 bits per heavy atom. The molecule has 0 saturated heterocycles. The summed E-state index contributed by atoms with van der Waals surface area (Å²) < 4.78 is 14.5. The lowest BCUT2D eigenvalue weighted by molar-refractivity contribution is 0.628. The van der Waals surface area contributed by atoms with Crippen molar-refractivity contribution in [3.8, 4) is 5.69 Å². The molecule has 0 atom stereocenters. The van der Waals surface area contributed by atoms with E-state index in [-0.39, 0.29) is 11.2 Å². The zero-order valence-corrected chi connectivity index (χ0v) is 12.9. The molecule has 3 rings (SSSR count). The summed E-state index contributed by atoms with van der Waals surface area (Å²) in [5.41, 5.74) is 1.28. The highest BCUT2D eigenvalue weighted by molar-refractivity contribution is 6.30. The molecular weight excluding hydrogens is 319 g/mol. The van der Waals surface area contributed by atoms with Gasteiger partial charge >= 0.3 is 0 Å². The number of aryl methyl sites for hydroxylation is 1. The highest BCUT2D eigenvalue weighted by Gasteiger charge is 2.12. The fourth-order valence-corrected chi connectivity index (χ4v) is 2.28. The molecular formula is C16H12ClFN4O. The molecule has 0 saturated carbocycles. The van der Waals surface area contributed by atoms with Gasteiger partial charge in [0.25, 0.3) is 5.56 Å². The van der Waals surface area contributed by atoms with Crippen LogP contribution in [0.4, 0.5) is 15.8 Å². The predicted molar refractivity (Wildman–Crippen MR) is 86.7 cm³/mol. The number of aromatic amines is 1. The van der Waals surface area contributed by atoms with Crippen molar-refractivity contribution >= 4 is 23.0 Å². The van der Waals surface area contributed by atoms with Crippen LogP contribution in [0.15, 0.2) is 63.6 Å². The van der Waals surface area contributed by atoms with Gasteiger partial charge in [-0.15, -0.1) is 5.11 Å². The molecule has 0 aliphatic heterocycles. The number of nitrogens with one attached hydrogen (secondary N) is 1. The van der Waals surface area contributed by atoms with Gasteiger partial charge in [-0.25, -0.2) is 9.07 Å². The van der Waals surface area contributed by atoms with Crippen LogP contribution in [-0.2, 0) is 0 Å². The minimum Gasteiger partial charge on any atom is -0.293 e. The molecule has 5 nitrogen and oxygen atoms in total. The second-order valence-electron chi connectivity index (χ2n) is 4.89. The Morgan fingerprint density at radius 1 is 1.13 bits per heavy atom. The first-order valence-electron chi connectivity index (χ1n) is 6.79. The number of halogens is 2. The van der Waals surface area contributed by atoms with Crippen molar-refractivity contribution in [2.75, 3.05) is 0 Å². The maximum absolute atomic E-state index is 13.1. The molecule has 116 valence electrons. The molecule has 7 heteroatoms. The second-order valence-corrected chi connectivity index (χ2v) is 5.32. The van der Waals surface area contributed by atoms with Crippen LogP contribution >= 0.6 is 11.6 Å². The van der Waals surface area contributed by atoms with Gasteiger partial charge in [-0.05, 0) is 37.3 Å². The van der Waals surface area contributed by atoms with Crippen LogP contribution in [0, 0.1) is 12.7 Å². The van der Waals surface area contributed by atoms with E-state index in [1.165, 1.54) is 22.9 Å². The normalized spacial score (nSPS) is 11.3. The van der Waals surface area contributed by atoms with E-state index in [0.29, 0.717) is 22.1 Å². The van der Waals surface area contributed by atoms with E-state index in [2.05, 4.69) is 15.3 Å². The van der Waals surface area contributed by atoms with E-state index in [0.717, 1.165) is 0 Å². The van der Waals surface area contributed by atoms with Gasteiger partial charge in [-0.3, -0.25) is 9.89 Å². The molecule has 1 aromatic heterocycles. The van der Waals surface area contributed by atoms with Crippen LogP contribution in [0.3, 0.4) is 0 Å². The Morgan fingerprint density at radius 3 is 2.65 bits per heavy atom. The van der Waals surface area contributed by atoms with Crippen molar-refractivity contribution in [2.45, 2.75) is 6.92 Å². The summed E-state index contributed by atoms with van der Waals surface area (Å²) >= 11 is 5.94. The smallest absolute Gasteiger partial charge is 0.293 e. The molecule has 0 spiro atoms. The number of nitrogens with zero attached hydrogens (tertiary/aromatic N) is 3. The largest absolute Gasteiger partial charge is 0.299 e. The number of H-pyrrole nitrogens is 1. The first-order chi connectivity index (χ1) is 11.0. The zero-order chi connectivity index (χ0) is 16.4. The number of aromatic nitrogens is 2. The van der Waals surface area contributed by atoms with Gasteiger partial charge in [-0.1, -0.05) is 23.7 Å². The molecule has 23 heavy (non-hydrogen) atoms. The standard InChI is InChI=1S/C16H12ClFN4O/c1-10-15(20-19-13-6-3-5-12(18)9-13)16(23)22(21-10)14-7-2-4-11(17)8-14/h2-9,21H,1H3. The minimum absolute atomic E-state index is 0.161. The number of hydrogen-bond acceptors (Lipinski definition) is 3. The van der Waals surface area contributed by atoms with E-state index in [4.69, 9.17) is 11.6 Å². The van der Waals surface area contributed by atoms with E-state index in [1.54, 1.807) is 37.3 Å². The Labute approximate surface area is 136 Å². The average molecular weight is 331 g/mol. The lowest BCUT2D eigenvalue weighted by atomic mass is 10.3. The fourth-order valence-electron chi connectivity index (χ4n) is 2.10. The monoisotopic (exact) mass is 330 g/mol. The minimum atomic E-state index is -0.413. The fraction of sp³-hybridized carbons (Fsp3) is 0.0625. The van der Waals surface area contributed by atoms with Crippen molar-refractivity contribution in [1.82, 2.24) is 9.78 Å². The highest BCUT2D eigenvalue weighted by Crippen LogP contribution is 2.20. The summed E-state index contributed by atoms with van der Waals surface area (Å²) in [6.45, 7) is 1.71. The number of azo groups is 1. The summed E-state index contributed by atoms with van der Waals surface area (Å²) in [5.74, 6) is -0.413. The van der Waals surface area contributed by atoms with Crippen molar-refractivity contribution in [3.63, 3.8) is 0 Å². The van der Waals surface area contributed by atoms with Gasteiger partial charge in [0.05, 0.1) is 17.1 Å². The third-order valence-electron chi connectivity index (χ3n) is 3.18. The molecule has 0 amide bonds. The molecule has 2 aromatic carbocycles.